The van der Waals surface area contributed by atoms with Crippen LogP contribution in [0.15, 0.2) is 71.6 Å². The monoisotopic (exact) mass is 495 g/mol. The maximum Gasteiger partial charge on any atom is 0.239 e. The third-order valence-corrected chi connectivity index (χ3v) is 7.17. The fourth-order valence-electron chi connectivity index (χ4n) is 3.16. The zero-order valence-corrected chi connectivity index (χ0v) is 20.5. The summed E-state index contributed by atoms with van der Waals surface area (Å²) < 4.78 is 1.05. The molecule has 0 aliphatic rings. The molecule has 3 aromatic carbocycles. The Bertz CT molecular complexity index is 1290. The van der Waals surface area contributed by atoms with Crippen LogP contribution in [-0.4, -0.2) is 22.0 Å². The number of anilines is 2. The number of carbonyl (C=O) groups is 2. The maximum absolute atomic E-state index is 12.6. The zero-order valence-electron chi connectivity index (χ0n) is 18.1. The highest BCUT2D eigenvalue weighted by Gasteiger charge is 2.16. The van der Waals surface area contributed by atoms with Crippen molar-refractivity contribution >= 4 is 67.5 Å². The molecule has 0 aliphatic heterocycles. The number of hydrogen-bond acceptors (Lipinski definition) is 5. The molecule has 168 valence electrons. The summed E-state index contributed by atoms with van der Waals surface area (Å²) in [5.74, 6) is -0.201. The third kappa shape index (κ3) is 6.35. The number of nitrogens with zero attached hydrogens (tertiary/aromatic N) is 1. The Morgan fingerprint density at radius 1 is 1.03 bits per heavy atom. The number of halogens is 1. The summed E-state index contributed by atoms with van der Waals surface area (Å²) in [7, 11) is 0. The van der Waals surface area contributed by atoms with E-state index in [9.17, 15) is 9.59 Å². The second kappa shape index (κ2) is 10.4. The van der Waals surface area contributed by atoms with Gasteiger partial charge in [-0.05, 0) is 73.5 Å². The average Bonchev–Trinajstić information content (AvgIpc) is 3.18. The van der Waals surface area contributed by atoms with E-state index in [0.29, 0.717) is 15.8 Å². The number of benzene rings is 3. The van der Waals surface area contributed by atoms with Crippen LogP contribution in [0, 0.1) is 6.92 Å². The minimum Gasteiger partial charge on any atom is -0.326 e. The van der Waals surface area contributed by atoms with Crippen molar-refractivity contribution in [3.05, 3.63) is 82.9 Å². The lowest BCUT2D eigenvalue weighted by Gasteiger charge is -2.11. The average molecular weight is 496 g/mol. The fraction of sp³-hybridized carbons (Fsp3) is 0.160. The van der Waals surface area contributed by atoms with Crippen LogP contribution in [-0.2, 0) is 16.0 Å². The Labute approximate surface area is 205 Å². The standard InChI is InChI=1S/C25H22ClN3O2S2/c1-15-3-12-21-22(13-15)33-25(28-21)29-24(31)16(2)32-20-10-8-19(9-11-20)27-23(30)14-17-4-6-18(26)7-5-17/h3-13,16H,14H2,1-2H3,(H,27,30)(H,28,29,31). The minimum absolute atomic E-state index is 0.100. The van der Waals surface area contributed by atoms with Crippen molar-refractivity contribution < 1.29 is 9.59 Å². The molecule has 0 saturated carbocycles. The molecule has 1 unspecified atom stereocenters. The summed E-state index contributed by atoms with van der Waals surface area (Å²) in [6.07, 6.45) is 0.274. The van der Waals surface area contributed by atoms with Crippen LogP contribution in [0.4, 0.5) is 10.8 Å². The number of fused-ring (bicyclic) bond motifs is 1. The van der Waals surface area contributed by atoms with Gasteiger partial charge in [0, 0.05) is 15.6 Å². The van der Waals surface area contributed by atoms with Gasteiger partial charge in [0.15, 0.2) is 5.13 Å². The topological polar surface area (TPSA) is 71.1 Å². The summed E-state index contributed by atoms with van der Waals surface area (Å²) in [5, 5.41) is 6.75. The lowest BCUT2D eigenvalue weighted by Crippen LogP contribution is -2.22. The van der Waals surface area contributed by atoms with Gasteiger partial charge in [-0.1, -0.05) is 41.1 Å². The van der Waals surface area contributed by atoms with Crippen molar-refractivity contribution in [1.82, 2.24) is 4.98 Å². The molecule has 5 nitrogen and oxygen atoms in total. The van der Waals surface area contributed by atoms with E-state index >= 15 is 0 Å². The van der Waals surface area contributed by atoms with Crippen molar-refractivity contribution in [3.8, 4) is 0 Å². The number of nitrogens with one attached hydrogen (secondary N) is 2. The Kier molecular flexibility index (Phi) is 7.33. The van der Waals surface area contributed by atoms with Crippen LogP contribution in [0.2, 0.25) is 5.02 Å². The summed E-state index contributed by atoms with van der Waals surface area (Å²) in [6.45, 7) is 3.89. The largest absolute Gasteiger partial charge is 0.326 e. The first-order valence-electron chi connectivity index (χ1n) is 10.3. The lowest BCUT2D eigenvalue weighted by atomic mass is 10.1. The van der Waals surface area contributed by atoms with E-state index in [1.54, 1.807) is 12.1 Å². The van der Waals surface area contributed by atoms with E-state index in [4.69, 9.17) is 11.6 Å². The molecule has 1 atom stereocenters. The Morgan fingerprint density at radius 3 is 2.48 bits per heavy atom. The summed E-state index contributed by atoms with van der Waals surface area (Å²) in [5.41, 5.74) is 3.65. The number of rotatable bonds is 7. The predicted molar refractivity (Wildman–Crippen MR) is 139 cm³/mol. The molecule has 33 heavy (non-hydrogen) atoms. The van der Waals surface area contributed by atoms with Gasteiger partial charge in [-0.25, -0.2) is 4.98 Å². The van der Waals surface area contributed by atoms with Crippen LogP contribution >= 0.6 is 34.7 Å². The molecule has 2 N–H and O–H groups in total. The minimum atomic E-state index is -0.302. The molecule has 4 rings (SSSR count). The molecule has 0 aliphatic carbocycles. The molecule has 0 spiro atoms. The number of aromatic nitrogens is 1. The predicted octanol–water partition coefficient (Wildman–Crippen LogP) is 6.56. The van der Waals surface area contributed by atoms with Crippen molar-refractivity contribution in [2.45, 2.75) is 30.4 Å². The highest BCUT2D eigenvalue weighted by Crippen LogP contribution is 2.29. The van der Waals surface area contributed by atoms with Gasteiger partial charge in [0.2, 0.25) is 11.8 Å². The number of aryl methyl sites for hydroxylation is 1. The molecule has 1 aromatic heterocycles. The van der Waals surface area contributed by atoms with Crippen LogP contribution in [0.3, 0.4) is 0 Å². The smallest absolute Gasteiger partial charge is 0.239 e. The van der Waals surface area contributed by atoms with Gasteiger partial charge >= 0.3 is 0 Å². The molecule has 0 fully saturated rings. The van der Waals surface area contributed by atoms with Crippen LogP contribution < -0.4 is 10.6 Å². The highest BCUT2D eigenvalue weighted by molar-refractivity contribution is 8.00. The van der Waals surface area contributed by atoms with Crippen molar-refractivity contribution in [3.63, 3.8) is 0 Å². The first-order valence-corrected chi connectivity index (χ1v) is 12.4. The first kappa shape index (κ1) is 23.3. The van der Waals surface area contributed by atoms with Gasteiger partial charge in [0.1, 0.15) is 0 Å². The second-order valence-electron chi connectivity index (χ2n) is 7.62. The lowest BCUT2D eigenvalue weighted by molar-refractivity contribution is -0.116. The zero-order chi connectivity index (χ0) is 23.4. The molecule has 2 amide bonds. The summed E-state index contributed by atoms with van der Waals surface area (Å²) >= 11 is 8.80. The highest BCUT2D eigenvalue weighted by atomic mass is 35.5. The third-order valence-electron chi connectivity index (χ3n) is 4.87. The normalized spacial score (nSPS) is 11.8. The van der Waals surface area contributed by atoms with E-state index in [0.717, 1.165) is 26.2 Å². The molecule has 1 heterocycles. The number of carbonyl (C=O) groups excluding carboxylic acids is 2. The van der Waals surface area contributed by atoms with Gasteiger partial charge in [-0.15, -0.1) is 11.8 Å². The van der Waals surface area contributed by atoms with E-state index < -0.39 is 0 Å². The Morgan fingerprint density at radius 2 is 1.76 bits per heavy atom. The van der Waals surface area contributed by atoms with Crippen molar-refractivity contribution in [2.75, 3.05) is 10.6 Å². The van der Waals surface area contributed by atoms with Gasteiger partial charge in [-0.3, -0.25) is 9.59 Å². The SMILES string of the molecule is Cc1ccc2nc(NC(=O)C(C)Sc3ccc(NC(=O)Cc4ccc(Cl)cc4)cc3)sc2c1. The first-order chi connectivity index (χ1) is 15.9. The Hall–Kier alpha value is -2.87. The number of thiazole rings is 1. The quantitative estimate of drug-likeness (QED) is 0.285. The number of hydrogen-bond donors (Lipinski definition) is 2. The van der Waals surface area contributed by atoms with E-state index in [1.165, 1.54) is 23.1 Å². The molecule has 8 heteroatoms. The van der Waals surface area contributed by atoms with Crippen LogP contribution in [0.1, 0.15) is 18.1 Å². The van der Waals surface area contributed by atoms with Crippen molar-refractivity contribution in [2.24, 2.45) is 0 Å². The molecule has 0 radical (unpaired) electrons. The number of amides is 2. The van der Waals surface area contributed by atoms with E-state index in [2.05, 4.69) is 21.7 Å². The summed E-state index contributed by atoms with van der Waals surface area (Å²) in [6, 6.07) is 20.7. The van der Waals surface area contributed by atoms with E-state index in [1.807, 2.05) is 62.4 Å². The maximum atomic E-state index is 12.6. The molecule has 4 aromatic rings. The fourth-order valence-corrected chi connectivity index (χ4v) is 5.12. The molecular formula is C25H22ClN3O2S2. The van der Waals surface area contributed by atoms with Crippen LogP contribution in [0.25, 0.3) is 10.2 Å². The van der Waals surface area contributed by atoms with Crippen molar-refractivity contribution in [1.29, 1.82) is 0 Å². The Balaban J connectivity index is 1.30. The van der Waals surface area contributed by atoms with Crippen LogP contribution in [0.5, 0.6) is 0 Å². The van der Waals surface area contributed by atoms with E-state index in [-0.39, 0.29) is 23.5 Å². The van der Waals surface area contributed by atoms with Gasteiger partial charge in [0.25, 0.3) is 0 Å². The molecular weight excluding hydrogens is 474 g/mol. The van der Waals surface area contributed by atoms with Gasteiger partial charge in [0.05, 0.1) is 21.9 Å². The summed E-state index contributed by atoms with van der Waals surface area (Å²) in [4.78, 5) is 30.3. The van der Waals surface area contributed by atoms with Gasteiger partial charge < -0.3 is 10.6 Å². The molecule has 0 saturated heterocycles. The molecule has 0 bridgehead atoms. The number of thioether (sulfide) groups is 1. The van der Waals surface area contributed by atoms with Gasteiger partial charge in [-0.2, -0.15) is 0 Å². The second-order valence-corrected chi connectivity index (χ2v) is 10.5.